The Morgan fingerprint density at radius 3 is 2.83 bits per heavy atom. The third-order valence-electron chi connectivity index (χ3n) is 1.23. The summed E-state index contributed by atoms with van der Waals surface area (Å²) in [5.74, 6) is 0.00273. The monoisotopic (exact) mass is 161 g/mol. The highest BCUT2D eigenvalue weighted by molar-refractivity contribution is 5.88. The predicted molar refractivity (Wildman–Crippen MR) is 45.7 cm³/mol. The normalized spacial score (nSPS) is 9.08. The molecule has 2 nitrogen and oxygen atoms in total. The Bertz CT molecular complexity index is 288. The van der Waals surface area contributed by atoms with Crippen LogP contribution in [0.25, 0.3) is 0 Å². The molecule has 2 heteroatoms. The molecule has 0 saturated heterocycles. The van der Waals surface area contributed by atoms with E-state index in [1.807, 2.05) is 0 Å². The maximum absolute atomic E-state index is 11.0. The number of ether oxygens (including phenoxy) is 1. The minimum absolute atomic E-state index is 0.382. The number of rotatable bonds is 2. The lowest BCUT2D eigenvalue weighted by Crippen LogP contribution is -2.07. The molecule has 1 radical (unpaired) electrons. The Morgan fingerprint density at radius 2 is 2.33 bits per heavy atom. The summed E-state index contributed by atoms with van der Waals surface area (Å²) in [5.41, 5.74) is 0.382. The van der Waals surface area contributed by atoms with Crippen molar-refractivity contribution >= 4 is 5.97 Å². The van der Waals surface area contributed by atoms with Crippen LogP contribution in [0.5, 0.6) is 5.75 Å². The molecule has 0 atom stereocenters. The molecule has 0 spiro atoms. The molecule has 1 aromatic carbocycles. The van der Waals surface area contributed by atoms with Crippen LogP contribution in [0.4, 0.5) is 0 Å². The quantitative estimate of drug-likeness (QED) is 0.376. The number of benzene rings is 1. The highest BCUT2D eigenvalue weighted by atomic mass is 16.5. The molecule has 0 N–H and O–H groups in total. The molecule has 1 aromatic rings. The van der Waals surface area contributed by atoms with Gasteiger partial charge in [0, 0.05) is 11.6 Å². The maximum atomic E-state index is 11.0. The SMILES string of the molecule is C=C(C)C(=O)Oc1[c]cccc1. The molecule has 0 aliphatic heterocycles. The van der Waals surface area contributed by atoms with Crippen molar-refractivity contribution in [1.82, 2.24) is 0 Å². The van der Waals surface area contributed by atoms with E-state index in [1.165, 1.54) is 0 Å². The van der Waals surface area contributed by atoms with Gasteiger partial charge in [-0.25, -0.2) is 4.79 Å². The molecule has 0 amide bonds. The number of hydrogen-bond donors (Lipinski definition) is 0. The molecular weight excluding hydrogens is 152 g/mol. The smallest absolute Gasteiger partial charge is 0.338 e. The van der Waals surface area contributed by atoms with Gasteiger partial charge in [0.15, 0.2) is 0 Å². The second-order valence-electron chi connectivity index (χ2n) is 2.40. The van der Waals surface area contributed by atoms with Crippen molar-refractivity contribution < 1.29 is 9.53 Å². The van der Waals surface area contributed by atoms with Crippen molar-refractivity contribution in [3.8, 4) is 5.75 Å². The van der Waals surface area contributed by atoms with Crippen LogP contribution in [-0.4, -0.2) is 5.97 Å². The highest BCUT2D eigenvalue weighted by Crippen LogP contribution is 2.08. The van der Waals surface area contributed by atoms with Gasteiger partial charge in [-0.15, -0.1) is 0 Å². The first-order valence-electron chi connectivity index (χ1n) is 3.54. The molecule has 0 unspecified atom stereocenters. The first kappa shape index (κ1) is 8.53. The summed E-state index contributed by atoms with van der Waals surface area (Å²) in [4.78, 5) is 11.0. The summed E-state index contributed by atoms with van der Waals surface area (Å²) in [6.45, 7) is 5.07. The molecule has 0 saturated carbocycles. The lowest BCUT2D eigenvalue weighted by atomic mass is 10.3. The molecule has 0 heterocycles. The molecule has 0 bridgehead atoms. The van der Waals surface area contributed by atoms with Crippen LogP contribution in [0.2, 0.25) is 0 Å². The summed E-state index contributed by atoms with van der Waals surface area (Å²) in [6.07, 6.45) is 0. The van der Waals surface area contributed by atoms with Crippen molar-refractivity contribution in [3.63, 3.8) is 0 Å². The van der Waals surface area contributed by atoms with E-state index in [9.17, 15) is 4.79 Å². The molecular formula is C10H9O2. The third kappa shape index (κ3) is 2.23. The Kier molecular flexibility index (Phi) is 2.64. The van der Waals surface area contributed by atoms with Gasteiger partial charge in [-0.2, -0.15) is 0 Å². The van der Waals surface area contributed by atoms with Gasteiger partial charge in [-0.3, -0.25) is 0 Å². The molecule has 0 aliphatic carbocycles. The molecule has 1 rings (SSSR count). The van der Waals surface area contributed by atoms with E-state index in [1.54, 1.807) is 31.2 Å². The lowest BCUT2D eigenvalue weighted by Gasteiger charge is -2.01. The van der Waals surface area contributed by atoms with Crippen LogP contribution < -0.4 is 4.74 Å². The van der Waals surface area contributed by atoms with E-state index < -0.39 is 5.97 Å². The Morgan fingerprint density at radius 1 is 1.58 bits per heavy atom. The summed E-state index contributed by atoms with van der Waals surface area (Å²) in [5, 5.41) is 0. The van der Waals surface area contributed by atoms with Crippen molar-refractivity contribution in [2.45, 2.75) is 6.92 Å². The van der Waals surface area contributed by atoms with Crippen LogP contribution in [0, 0.1) is 6.07 Å². The largest absolute Gasteiger partial charge is 0.423 e. The number of carbonyl (C=O) groups is 1. The van der Waals surface area contributed by atoms with Crippen molar-refractivity contribution in [2.75, 3.05) is 0 Å². The number of hydrogen-bond acceptors (Lipinski definition) is 2. The summed E-state index contributed by atoms with van der Waals surface area (Å²) in [7, 11) is 0. The van der Waals surface area contributed by atoms with E-state index >= 15 is 0 Å². The predicted octanol–water partition coefficient (Wildman–Crippen LogP) is 1.97. The van der Waals surface area contributed by atoms with Gasteiger partial charge < -0.3 is 4.74 Å². The van der Waals surface area contributed by atoms with Gasteiger partial charge in [0.2, 0.25) is 0 Å². The van der Waals surface area contributed by atoms with Crippen molar-refractivity contribution in [3.05, 3.63) is 42.5 Å². The average molecular weight is 161 g/mol. The average Bonchev–Trinajstić information content (AvgIpc) is 2.06. The molecule has 61 valence electrons. The van der Waals surface area contributed by atoms with E-state index in [2.05, 4.69) is 12.6 Å². The standard InChI is InChI=1S/C10H9O2/c1-8(2)10(11)12-9-6-4-3-5-7-9/h3-6H,1H2,2H3. The number of carbonyl (C=O) groups excluding carboxylic acids is 1. The summed E-state index contributed by atoms with van der Waals surface area (Å²) >= 11 is 0. The van der Waals surface area contributed by atoms with E-state index in [-0.39, 0.29) is 0 Å². The first-order valence-corrected chi connectivity index (χ1v) is 3.54. The summed E-state index contributed by atoms with van der Waals surface area (Å²) < 4.78 is 4.88. The summed E-state index contributed by atoms with van der Waals surface area (Å²) in [6, 6.07) is 9.70. The maximum Gasteiger partial charge on any atom is 0.338 e. The molecule has 12 heavy (non-hydrogen) atoms. The second kappa shape index (κ2) is 3.72. The second-order valence-corrected chi connectivity index (χ2v) is 2.40. The minimum Gasteiger partial charge on any atom is -0.423 e. The fourth-order valence-corrected chi connectivity index (χ4v) is 0.627. The van der Waals surface area contributed by atoms with Gasteiger partial charge in [0.25, 0.3) is 0 Å². The number of esters is 1. The van der Waals surface area contributed by atoms with E-state index in [0.717, 1.165) is 0 Å². The fourth-order valence-electron chi connectivity index (χ4n) is 0.627. The van der Waals surface area contributed by atoms with Gasteiger partial charge in [-0.1, -0.05) is 24.8 Å². The van der Waals surface area contributed by atoms with Gasteiger partial charge >= 0.3 is 5.97 Å². The van der Waals surface area contributed by atoms with Crippen LogP contribution in [-0.2, 0) is 4.79 Å². The zero-order valence-corrected chi connectivity index (χ0v) is 6.83. The zero-order valence-electron chi connectivity index (χ0n) is 6.83. The zero-order chi connectivity index (χ0) is 8.97. The van der Waals surface area contributed by atoms with Gasteiger partial charge in [0.05, 0.1) is 0 Å². The molecule has 0 fully saturated rings. The number of para-hydroxylation sites is 1. The highest BCUT2D eigenvalue weighted by Gasteiger charge is 2.03. The minimum atomic E-state index is -0.419. The van der Waals surface area contributed by atoms with Crippen LogP contribution in [0.3, 0.4) is 0 Å². The first-order chi connectivity index (χ1) is 5.70. The van der Waals surface area contributed by atoms with Gasteiger partial charge in [0.1, 0.15) is 5.75 Å². The lowest BCUT2D eigenvalue weighted by molar-refractivity contribution is -0.130. The van der Waals surface area contributed by atoms with E-state index in [4.69, 9.17) is 4.74 Å². The Labute approximate surface area is 71.5 Å². The van der Waals surface area contributed by atoms with Crippen molar-refractivity contribution in [1.29, 1.82) is 0 Å². The van der Waals surface area contributed by atoms with Crippen LogP contribution in [0.1, 0.15) is 6.92 Å². The molecule has 0 aromatic heterocycles. The Hall–Kier alpha value is -1.57. The Balaban J connectivity index is 2.65. The van der Waals surface area contributed by atoms with Gasteiger partial charge in [-0.05, 0) is 13.0 Å². The van der Waals surface area contributed by atoms with Crippen molar-refractivity contribution in [2.24, 2.45) is 0 Å². The topological polar surface area (TPSA) is 26.3 Å². The third-order valence-corrected chi connectivity index (χ3v) is 1.23. The van der Waals surface area contributed by atoms with E-state index in [0.29, 0.717) is 11.3 Å². The molecule has 0 aliphatic rings. The van der Waals surface area contributed by atoms with Crippen LogP contribution >= 0.6 is 0 Å². The fraction of sp³-hybridized carbons (Fsp3) is 0.100. The van der Waals surface area contributed by atoms with Crippen LogP contribution in [0.15, 0.2) is 36.4 Å².